The molecule has 3 nitrogen and oxygen atoms in total. The van der Waals surface area contributed by atoms with Crippen LogP contribution in [-0.2, 0) is 29.9 Å². The molecule has 0 unspecified atom stereocenters. The number of thiazole rings is 1. The number of fused-ring (bicyclic) bond motifs is 1. The third kappa shape index (κ3) is 3.02. The first-order valence-electron chi connectivity index (χ1n) is 6.60. The van der Waals surface area contributed by atoms with E-state index in [4.69, 9.17) is 11.6 Å². The van der Waals surface area contributed by atoms with Crippen LogP contribution in [-0.4, -0.2) is 16.9 Å². The molecule has 1 heterocycles. The van der Waals surface area contributed by atoms with E-state index in [-0.39, 0.29) is 11.9 Å². The molecule has 0 saturated carbocycles. The highest BCUT2D eigenvalue weighted by Gasteiger charge is 2.22. The van der Waals surface area contributed by atoms with E-state index in [0.29, 0.717) is 12.3 Å². The van der Waals surface area contributed by atoms with Gasteiger partial charge >= 0.3 is 0 Å². The summed E-state index contributed by atoms with van der Waals surface area (Å²) >= 11 is 7.20. The minimum atomic E-state index is 0.0401. The van der Waals surface area contributed by atoms with E-state index in [9.17, 15) is 4.79 Å². The lowest BCUT2D eigenvalue weighted by Crippen LogP contribution is -2.36. The Morgan fingerprint density at radius 1 is 1.35 bits per heavy atom. The van der Waals surface area contributed by atoms with Crippen LogP contribution in [0.4, 0.5) is 0 Å². The summed E-state index contributed by atoms with van der Waals surface area (Å²) in [6.45, 7) is 0. The van der Waals surface area contributed by atoms with E-state index in [1.54, 1.807) is 0 Å². The van der Waals surface area contributed by atoms with E-state index in [1.807, 2.05) is 17.5 Å². The van der Waals surface area contributed by atoms with Gasteiger partial charge in [-0.05, 0) is 24.0 Å². The van der Waals surface area contributed by atoms with Crippen molar-refractivity contribution in [3.63, 3.8) is 0 Å². The number of aromatic nitrogens is 1. The fraction of sp³-hybridized carbons (Fsp3) is 0.333. The van der Waals surface area contributed by atoms with E-state index in [2.05, 4.69) is 22.4 Å². The third-order valence-corrected chi connectivity index (χ3v) is 4.64. The van der Waals surface area contributed by atoms with Gasteiger partial charge in [0.2, 0.25) is 5.91 Å². The fourth-order valence-electron chi connectivity index (χ4n) is 2.57. The van der Waals surface area contributed by atoms with Gasteiger partial charge in [-0.2, -0.15) is 0 Å². The Morgan fingerprint density at radius 3 is 2.65 bits per heavy atom. The molecule has 0 spiro atoms. The number of hydrogen-bond acceptors (Lipinski definition) is 3. The number of carbonyl (C=O) groups is 1. The number of nitrogens with zero attached hydrogens (tertiary/aromatic N) is 1. The fourth-order valence-corrected chi connectivity index (χ4v) is 3.59. The molecule has 20 heavy (non-hydrogen) atoms. The number of nitrogens with one attached hydrogen (secondary N) is 1. The molecule has 1 aromatic heterocycles. The summed E-state index contributed by atoms with van der Waals surface area (Å²) < 4.78 is 0. The van der Waals surface area contributed by atoms with E-state index >= 15 is 0 Å². The van der Waals surface area contributed by atoms with Crippen molar-refractivity contribution in [3.8, 4) is 0 Å². The largest absolute Gasteiger partial charge is 0.352 e. The molecule has 5 heteroatoms. The first kappa shape index (κ1) is 13.6. The van der Waals surface area contributed by atoms with Crippen molar-refractivity contribution >= 4 is 28.8 Å². The predicted octanol–water partition coefficient (Wildman–Crippen LogP) is 2.71. The Hall–Kier alpha value is -1.39. The molecule has 1 aliphatic rings. The Morgan fingerprint density at radius 2 is 2.05 bits per heavy atom. The summed E-state index contributed by atoms with van der Waals surface area (Å²) in [5, 5.41) is 5.83. The second-order valence-corrected chi connectivity index (χ2v) is 6.19. The molecule has 0 aliphatic heterocycles. The Balaban J connectivity index is 1.55. The third-order valence-electron chi connectivity index (χ3n) is 3.46. The van der Waals surface area contributed by atoms with Crippen LogP contribution in [0.1, 0.15) is 21.8 Å². The van der Waals surface area contributed by atoms with Crippen LogP contribution in [0.25, 0.3) is 0 Å². The van der Waals surface area contributed by atoms with Crippen molar-refractivity contribution in [2.75, 3.05) is 0 Å². The molecule has 1 aromatic carbocycles. The van der Waals surface area contributed by atoms with Crippen LogP contribution in [0, 0.1) is 0 Å². The molecule has 2 aromatic rings. The molecule has 1 N–H and O–H groups in total. The molecule has 0 radical (unpaired) electrons. The van der Waals surface area contributed by atoms with Crippen molar-refractivity contribution in [2.24, 2.45) is 0 Å². The lowest BCUT2D eigenvalue weighted by atomic mass is 10.1. The highest BCUT2D eigenvalue weighted by Crippen LogP contribution is 2.21. The number of alkyl halides is 1. The highest BCUT2D eigenvalue weighted by atomic mass is 35.5. The number of carbonyl (C=O) groups excluding carboxylic acids is 1. The zero-order valence-electron chi connectivity index (χ0n) is 10.9. The van der Waals surface area contributed by atoms with Crippen LogP contribution < -0.4 is 5.32 Å². The average molecular weight is 307 g/mol. The van der Waals surface area contributed by atoms with Gasteiger partial charge in [0, 0.05) is 11.4 Å². The second kappa shape index (κ2) is 5.94. The predicted molar refractivity (Wildman–Crippen MR) is 81.2 cm³/mol. The number of rotatable bonds is 4. The zero-order chi connectivity index (χ0) is 13.9. The Labute approximate surface area is 127 Å². The number of hydrogen-bond donors (Lipinski definition) is 1. The summed E-state index contributed by atoms with van der Waals surface area (Å²) in [5.74, 6) is 0.439. The van der Waals surface area contributed by atoms with Gasteiger partial charge in [-0.1, -0.05) is 24.3 Å². The van der Waals surface area contributed by atoms with Crippen molar-refractivity contribution in [1.29, 1.82) is 0 Å². The number of benzene rings is 1. The maximum atomic E-state index is 12.0. The van der Waals surface area contributed by atoms with Gasteiger partial charge < -0.3 is 5.32 Å². The topological polar surface area (TPSA) is 42.0 Å². The number of halogens is 1. The smallest absolute Gasteiger partial charge is 0.227 e. The quantitative estimate of drug-likeness (QED) is 0.883. The summed E-state index contributed by atoms with van der Waals surface area (Å²) in [5.41, 5.74) is 3.53. The Kier molecular flexibility index (Phi) is 4.03. The minimum absolute atomic E-state index is 0.0401. The molecule has 1 aliphatic carbocycles. The van der Waals surface area contributed by atoms with Crippen LogP contribution in [0.2, 0.25) is 0 Å². The molecule has 0 bridgehead atoms. The number of amides is 1. The zero-order valence-corrected chi connectivity index (χ0v) is 12.5. The average Bonchev–Trinajstić information content (AvgIpc) is 3.04. The lowest BCUT2D eigenvalue weighted by molar-refractivity contribution is -0.121. The summed E-state index contributed by atoms with van der Waals surface area (Å²) in [4.78, 5) is 16.3. The van der Waals surface area contributed by atoms with Crippen LogP contribution >= 0.6 is 22.9 Å². The van der Waals surface area contributed by atoms with Gasteiger partial charge in [-0.3, -0.25) is 4.79 Å². The van der Waals surface area contributed by atoms with E-state index in [1.165, 1.54) is 22.5 Å². The summed E-state index contributed by atoms with van der Waals surface area (Å²) in [6.07, 6.45) is 2.19. The van der Waals surface area contributed by atoms with Crippen molar-refractivity contribution in [2.45, 2.75) is 31.2 Å². The van der Waals surface area contributed by atoms with E-state index in [0.717, 1.165) is 23.5 Å². The van der Waals surface area contributed by atoms with Gasteiger partial charge in [0.15, 0.2) is 0 Å². The SMILES string of the molecule is O=C(Cc1nc(CCl)cs1)NC1Cc2ccccc2C1. The standard InChI is InChI=1S/C15H15ClN2OS/c16-8-13-9-20-15(18-13)7-14(19)17-12-5-10-3-1-2-4-11(10)6-12/h1-4,9,12H,5-8H2,(H,17,19). The Bertz CT molecular complexity index is 601. The van der Waals surface area contributed by atoms with Gasteiger partial charge in [0.1, 0.15) is 5.01 Å². The highest BCUT2D eigenvalue weighted by molar-refractivity contribution is 7.09. The van der Waals surface area contributed by atoms with Crippen molar-refractivity contribution in [1.82, 2.24) is 10.3 Å². The molecular formula is C15H15ClN2OS. The molecule has 0 saturated heterocycles. The summed E-state index contributed by atoms with van der Waals surface area (Å²) in [7, 11) is 0. The van der Waals surface area contributed by atoms with E-state index < -0.39 is 0 Å². The van der Waals surface area contributed by atoms with Gasteiger partial charge in [-0.15, -0.1) is 22.9 Å². The van der Waals surface area contributed by atoms with Crippen LogP contribution in [0.3, 0.4) is 0 Å². The molecule has 0 atom stereocenters. The van der Waals surface area contributed by atoms with Crippen molar-refractivity contribution < 1.29 is 4.79 Å². The molecule has 3 rings (SSSR count). The minimum Gasteiger partial charge on any atom is -0.352 e. The monoisotopic (exact) mass is 306 g/mol. The first-order chi connectivity index (χ1) is 9.74. The summed E-state index contributed by atoms with van der Waals surface area (Å²) in [6, 6.07) is 8.58. The maximum absolute atomic E-state index is 12.0. The van der Waals surface area contributed by atoms with Crippen molar-refractivity contribution in [3.05, 3.63) is 51.5 Å². The second-order valence-electron chi connectivity index (χ2n) is 4.98. The van der Waals surface area contributed by atoms with Crippen LogP contribution in [0.5, 0.6) is 0 Å². The lowest BCUT2D eigenvalue weighted by Gasteiger charge is -2.11. The molecule has 104 valence electrons. The molecule has 1 amide bonds. The first-order valence-corrected chi connectivity index (χ1v) is 8.01. The van der Waals surface area contributed by atoms with Gasteiger partial charge in [0.25, 0.3) is 0 Å². The maximum Gasteiger partial charge on any atom is 0.227 e. The van der Waals surface area contributed by atoms with Crippen LogP contribution in [0.15, 0.2) is 29.6 Å². The van der Waals surface area contributed by atoms with Gasteiger partial charge in [0.05, 0.1) is 18.0 Å². The normalized spacial score (nSPS) is 14.2. The molecular weight excluding hydrogens is 292 g/mol. The van der Waals surface area contributed by atoms with Gasteiger partial charge in [-0.25, -0.2) is 4.98 Å². The molecule has 0 fully saturated rings.